The van der Waals surface area contributed by atoms with Crippen molar-refractivity contribution in [1.29, 1.82) is 5.26 Å². The normalized spacial score (nSPS) is 18.1. The van der Waals surface area contributed by atoms with Crippen LogP contribution in [0.2, 0.25) is 0 Å². The first-order chi connectivity index (χ1) is 18.1. The van der Waals surface area contributed by atoms with Crippen molar-refractivity contribution >= 4 is 11.6 Å². The van der Waals surface area contributed by atoms with Crippen LogP contribution in [0.15, 0.2) is 54.9 Å². The van der Waals surface area contributed by atoms with E-state index in [-0.39, 0.29) is 17.4 Å². The number of benzene rings is 1. The summed E-state index contributed by atoms with van der Waals surface area (Å²) in [6.45, 7) is 2.33. The smallest absolute Gasteiger partial charge is 0.370 e. The Labute approximate surface area is 219 Å². The molecule has 4 heterocycles. The first-order valence-electron chi connectivity index (χ1n) is 12.5. The van der Waals surface area contributed by atoms with Gasteiger partial charge in [-0.25, -0.2) is 0 Å². The molecule has 0 atom stereocenters. The summed E-state index contributed by atoms with van der Waals surface area (Å²) in [4.78, 5) is 21.9. The quantitative estimate of drug-likeness (QED) is 0.545. The molecule has 0 bridgehead atoms. The number of alkyl halides is 3. The van der Waals surface area contributed by atoms with E-state index in [1.807, 2.05) is 66.3 Å². The number of aryl methyl sites for hydroxylation is 1. The van der Waals surface area contributed by atoms with Crippen LogP contribution in [-0.4, -0.2) is 53.6 Å². The number of amides is 1. The zero-order valence-corrected chi connectivity index (χ0v) is 21.3. The number of carbonyl (C=O) groups excluding carboxylic acids is 1. The van der Waals surface area contributed by atoms with Gasteiger partial charge in [-0.05, 0) is 61.9 Å². The minimum Gasteiger partial charge on any atom is -0.370 e. The Bertz CT molecular complexity index is 1360. The summed E-state index contributed by atoms with van der Waals surface area (Å²) in [5.41, 5.74) is 1.65. The highest BCUT2D eigenvalue weighted by atomic mass is 19.4. The molecule has 2 aliphatic rings. The maximum absolute atomic E-state index is 13.2. The molecule has 38 heavy (non-hydrogen) atoms. The van der Waals surface area contributed by atoms with Crippen LogP contribution in [0, 0.1) is 17.2 Å². The van der Waals surface area contributed by atoms with Crippen molar-refractivity contribution in [1.82, 2.24) is 19.8 Å². The second kappa shape index (κ2) is 9.80. The molecular formula is C28H29F3N6O. The maximum atomic E-state index is 13.2. The summed E-state index contributed by atoms with van der Waals surface area (Å²) in [6, 6.07) is 13.1. The van der Waals surface area contributed by atoms with Crippen molar-refractivity contribution in [2.24, 2.45) is 13.0 Å². The molecule has 2 aromatic heterocycles. The Morgan fingerprint density at radius 3 is 2.42 bits per heavy atom. The van der Waals surface area contributed by atoms with Crippen molar-refractivity contribution in [3.63, 3.8) is 0 Å². The molecule has 0 aliphatic carbocycles. The van der Waals surface area contributed by atoms with Gasteiger partial charge < -0.3 is 19.7 Å². The highest BCUT2D eigenvalue weighted by molar-refractivity contribution is 5.81. The molecule has 2 fully saturated rings. The SMILES string of the molecule is CN1CC(C(=O)NC2(c3ccc(-c4cccn4C)nc3)CCN(c3ccc(C(F)(F)F)cc3C#N)CC2)C1. The molecule has 198 valence electrons. The average molecular weight is 523 g/mol. The van der Waals surface area contributed by atoms with E-state index in [2.05, 4.69) is 10.2 Å². The molecule has 2 saturated heterocycles. The van der Waals surface area contributed by atoms with Crippen LogP contribution >= 0.6 is 0 Å². The average Bonchev–Trinajstić information content (AvgIpc) is 3.32. The van der Waals surface area contributed by atoms with Crippen molar-refractivity contribution in [3.8, 4) is 17.5 Å². The Balaban J connectivity index is 1.41. The van der Waals surface area contributed by atoms with Crippen LogP contribution in [0.4, 0.5) is 18.9 Å². The molecular weight excluding hydrogens is 493 g/mol. The Kier molecular flexibility index (Phi) is 6.65. The number of pyridine rings is 1. The van der Waals surface area contributed by atoms with E-state index in [0.29, 0.717) is 44.7 Å². The lowest BCUT2D eigenvalue weighted by atomic mass is 9.80. The number of nitrogens with zero attached hydrogens (tertiary/aromatic N) is 5. The standard InChI is InChI=1S/C28H29F3N6O/c1-35-17-20(18-35)26(38)34-27(22-5-7-23(33-16-22)25-4-3-11-36(25)2)9-12-37(13-10-27)24-8-6-21(28(29,30)31)14-19(24)15-32/h3-8,11,14,16,20H,9-10,12-13,17-18H2,1-2H3,(H,34,38). The van der Waals surface area contributed by atoms with E-state index in [4.69, 9.17) is 4.98 Å². The van der Waals surface area contributed by atoms with E-state index < -0.39 is 17.3 Å². The summed E-state index contributed by atoms with van der Waals surface area (Å²) in [7, 11) is 3.93. The molecule has 2 aliphatic heterocycles. The van der Waals surface area contributed by atoms with Crippen LogP contribution in [0.3, 0.4) is 0 Å². The third-order valence-corrected chi connectivity index (χ3v) is 7.72. The number of anilines is 1. The van der Waals surface area contributed by atoms with Gasteiger partial charge in [-0.15, -0.1) is 0 Å². The Hall–Kier alpha value is -3.84. The van der Waals surface area contributed by atoms with Crippen molar-refractivity contribution < 1.29 is 18.0 Å². The second-order valence-corrected chi connectivity index (χ2v) is 10.3. The van der Waals surface area contributed by atoms with Crippen molar-refractivity contribution in [2.45, 2.75) is 24.6 Å². The molecule has 0 saturated carbocycles. The molecule has 1 aromatic carbocycles. The number of carbonyl (C=O) groups is 1. The molecule has 0 spiro atoms. The lowest BCUT2D eigenvalue weighted by Gasteiger charge is -2.45. The summed E-state index contributed by atoms with van der Waals surface area (Å²) in [5.74, 6) is -0.0825. The monoisotopic (exact) mass is 522 g/mol. The maximum Gasteiger partial charge on any atom is 0.416 e. The van der Waals surface area contributed by atoms with Crippen molar-refractivity contribution in [2.75, 3.05) is 38.1 Å². The Morgan fingerprint density at radius 1 is 1.13 bits per heavy atom. The number of aromatic nitrogens is 2. The zero-order valence-electron chi connectivity index (χ0n) is 21.3. The number of nitriles is 1. The molecule has 1 N–H and O–H groups in total. The molecule has 10 heteroatoms. The van der Waals surface area contributed by atoms with E-state index in [9.17, 15) is 23.2 Å². The lowest BCUT2D eigenvalue weighted by Crippen LogP contribution is -2.59. The van der Waals surface area contributed by atoms with Gasteiger partial charge in [0, 0.05) is 45.6 Å². The fourth-order valence-corrected chi connectivity index (χ4v) is 5.45. The molecule has 1 amide bonds. The molecule has 0 unspecified atom stereocenters. The van der Waals surface area contributed by atoms with Crippen LogP contribution in [0.1, 0.15) is 29.5 Å². The van der Waals surface area contributed by atoms with E-state index in [1.165, 1.54) is 6.07 Å². The lowest BCUT2D eigenvalue weighted by molar-refractivity contribution is -0.137. The number of nitrogens with one attached hydrogen (secondary N) is 1. The number of hydrogen-bond donors (Lipinski definition) is 1. The van der Waals surface area contributed by atoms with Gasteiger partial charge in [0.05, 0.1) is 39.7 Å². The third kappa shape index (κ3) is 4.86. The molecule has 3 aromatic rings. The number of piperidine rings is 1. The third-order valence-electron chi connectivity index (χ3n) is 7.72. The van der Waals surface area contributed by atoms with Gasteiger partial charge in [-0.3, -0.25) is 9.78 Å². The predicted octanol–water partition coefficient (Wildman–Crippen LogP) is 4.15. The Morgan fingerprint density at radius 2 is 1.87 bits per heavy atom. The highest BCUT2D eigenvalue weighted by Gasteiger charge is 2.41. The minimum atomic E-state index is -4.51. The highest BCUT2D eigenvalue weighted by Crippen LogP contribution is 2.38. The zero-order chi connectivity index (χ0) is 27.1. The predicted molar refractivity (Wildman–Crippen MR) is 137 cm³/mol. The van der Waals surface area contributed by atoms with Gasteiger partial charge in [0.15, 0.2) is 0 Å². The minimum absolute atomic E-state index is 0.00435. The van der Waals surface area contributed by atoms with Gasteiger partial charge in [-0.1, -0.05) is 6.07 Å². The largest absolute Gasteiger partial charge is 0.416 e. The summed E-state index contributed by atoms with van der Waals surface area (Å²) >= 11 is 0. The number of likely N-dealkylation sites (tertiary alicyclic amines) is 1. The van der Waals surface area contributed by atoms with E-state index in [0.717, 1.165) is 29.1 Å². The van der Waals surface area contributed by atoms with Crippen LogP contribution in [0.25, 0.3) is 11.4 Å². The van der Waals surface area contributed by atoms with Gasteiger partial charge >= 0.3 is 6.18 Å². The molecule has 0 radical (unpaired) electrons. The summed E-state index contributed by atoms with van der Waals surface area (Å²) in [6.07, 6.45) is 0.301. The summed E-state index contributed by atoms with van der Waals surface area (Å²) in [5, 5.41) is 12.9. The first kappa shape index (κ1) is 25.8. The van der Waals surface area contributed by atoms with E-state index in [1.54, 1.807) is 0 Å². The second-order valence-electron chi connectivity index (χ2n) is 10.3. The first-order valence-corrected chi connectivity index (χ1v) is 12.5. The van der Waals surface area contributed by atoms with Gasteiger partial charge in [0.2, 0.25) is 5.91 Å². The van der Waals surface area contributed by atoms with Crippen molar-refractivity contribution in [3.05, 3.63) is 71.5 Å². The summed E-state index contributed by atoms with van der Waals surface area (Å²) < 4.78 is 41.5. The topological polar surface area (TPSA) is 77.2 Å². The number of rotatable bonds is 5. The molecule has 5 rings (SSSR count). The number of halogens is 3. The van der Waals surface area contributed by atoms with Gasteiger partial charge in [0.1, 0.15) is 6.07 Å². The van der Waals surface area contributed by atoms with Gasteiger partial charge in [-0.2, -0.15) is 18.4 Å². The number of hydrogen-bond acceptors (Lipinski definition) is 5. The van der Waals surface area contributed by atoms with E-state index >= 15 is 0 Å². The van der Waals surface area contributed by atoms with Crippen LogP contribution < -0.4 is 10.2 Å². The van der Waals surface area contributed by atoms with Crippen LogP contribution in [-0.2, 0) is 23.6 Å². The van der Waals surface area contributed by atoms with Gasteiger partial charge in [0.25, 0.3) is 0 Å². The fraction of sp³-hybridized carbons (Fsp3) is 0.393. The van der Waals surface area contributed by atoms with Crippen LogP contribution in [0.5, 0.6) is 0 Å². The fourth-order valence-electron chi connectivity index (χ4n) is 5.45. The molecule has 7 nitrogen and oxygen atoms in total.